The molecule has 0 aliphatic rings. The van der Waals surface area contributed by atoms with Gasteiger partial charge < -0.3 is 18.9 Å². The Hall–Kier alpha value is -2.24. The Morgan fingerprint density at radius 3 is 1.83 bits per heavy atom. The van der Waals surface area contributed by atoms with Crippen molar-refractivity contribution in [1.29, 1.82) is 0 Å². The van der Waals surface area contributed by atoms with Crippen LogP contribution in [0.3, 0.4) is 0 Å². The second-order valence-electron chi connectivity index (χ2n) is 7.37. The van der Waals surface area contributed by atoms with E-state index >= 15 is 0 Å². The summed E-state index contributed by atoms with van der Waals surface area (Å²) in [6.07, 6.45) is 11.7. The van der Waals surface area contributed by atoms with Crippen molar-refractivity contribution in [3.05, 3.63) is 18.2 Å². The Bertz CT molecular complexity index is 591. The lowest BCUT2D eigenvalue weighted by Gasteiger charge is -2.12. The molecule has 0 aromatic heterocycles. The van der Waals surface area contributed by atoms with Crippen LogP contribution in [-0.4, -0.2) is 32.8 Å². The number of ether oxygens (including phenoxy) is 4. The van der Waals surface area contributed by atoms with Crippen molar-refractivity contribution in [3.8, 4) is 17.2 Å². The maximum absolute atomic E-state index is 12.1. The zero-order chi connectivity index (χ0) is 22.0. The Balaban J connectivity index is 2.11. The van der Waals surface area contributed by atoms with E-state index in [1.54, 1.807) is 18.2 Å². The van der Waals surface area contributed by atoms with Gasteiger partial charge in [0.2, 0.25) is 5.75 Å². The second-order valence-corrected chi connectivity index (χ2v) is 7.37. The van der Waals surface area contributed by atoms with Gasteiger partial charge in [0.05, 0.1) is 20.8 Å². The van der Waals surface area contributed by atoms with E-state index in [1.165, 1.54) is 59.2 Å². The highest BCUT2D eigenvalue weighted by Crippen LogP contribution is 2.37. The van der Waals surface area contributed by atoms with E-state index in [0.29, 0.717) is 24.5 Å². The lowest BCUT2D eigenvalue weighted by molar-refractivity contribution is -0.144. The van der Waals surface area contributed by atoms with Crippen molar-refractivity contribution in [2.45, 2.75) is 84.0 Å². The van der Waals surface area contributed by atoms with Gasteiger partial charge in [0.15, 0.2) is 11.5 Å². The van der Waals surface area contributed by atoms with E-state index in [-0.39, 0.29) is 24.6 Å². The molecule has 0 unspecified atom stereocenters. The smallest absolute Gasteiger partial charge is 0.311 e. The third-order valence-corrected chi connectivity index (χ3v) is 4.87. The maximum Gasteiger partial charge on any atom is 0.311 e. The van der Waals surface area contributed by atoms with Crippen LogP contribution in [0.4, 0.5) is 0 Å². The lowest BCUT2D eigenvalue weighted by Crippen LogP contribution is -2.11. The largest absolute Gasteiger partial charge is 0.493 e. The Labute approximate surface area is 181 Å². The summed E-state index contributed by atoms with van der Waals surface area (Å²) in [5.41, 5.74) is 0. The van der Waals surface area contributed by atoms with Crippen LogP contribution >= 0.6 is 0 Å². The van der Waals surface area contributed by atoms with Crippen LogP contribution in [0.2, 0.25) is 0 Å². The molecule has 0 atom stereocenters. The first kappa shape index (κ1) is 25.8. The van der Waals surface area contributed by atoms with E-state index in [4.69, 9.17) is 18.9 Å². The summed E-state index contributed by atoms with van der Waals surface area (Å²) < 4.78 is 21.0. The molecule has 1 aromatic carbocycles. The van der Waals surface area contributed by atoms with E-state index in [9.17, 15) is 9.59 Å². The van der Waals surface area contributed by atoms with Gasteiger partial charge in [-0.2, -0.15) is 0 Å². The van der Waals surface area contributed by atoms with Crippen LogP contribution in [0, 0.1) is 0 Å². The Morgan fingerprint density at radius 1 is 0.733 bits per heavy atom. The molecule has 0 amide bonds. The summed E-state index contributed by atoms with van der Waals surface area (Å²) >= 11 is 0. The number of carbonyl (C=O) groups excluding carboxylic acids is 2. The van der Waals surface area contributed by atoms with Crippen molar-refractivity contribution < 1.29 is 28.5 Å². The van der Waals surface area contributed by atoms with Gasteiger partial charge in [-0.1, -0.05) is 64.4 Å². The standard InChI is InChI=1S/C24H38O6/c1-4-5-6-7-8-9-10-11-12-19-29-22(25)17-14-18-23(26)30-24-20(27-2)15-13-16-21(24)28-3/h13,15-16H,4-12,14,17-19H2,1-3H3. The topological polar surface area (TPSA) is 71.1 Å². The molecular weight excluding hydrogens is 384 g/mol. The number of hydrogen-bond acceptors (Lipinski definition) is 6. The number of para-hydroxylation sites is 1. The van der Waals surface area contributed by atoms with Gasteiger partial charge >= 0.3 is 11.9 Å². The van der Waals surface area contributed by atoms with E-state index in [0.717, 1.165) is 12.8 Å². The molecule has 1 rings (SSSR count). The van der Waals surface area contributed by atoms with Crippen LogP contribution in [0.5, 0.6) is 17.2 Å². The summed E-state index contributed by atoms with van der Waals surface area (Å²) in [7, 11) is 2.99. The fraction of sp³-hybridized carbons (Fsp3) is 0.667. The van der Waals surface area contributed by atoms with Crippen LogP contribution < -0.4 is 14.2 Å². The molecule has 0 fully saturated rings. The first-order valence-corrected chi connectivity index (χ1v) is 11.2. The summed E-state index contributed by atoms with van der Waals surface area (Å²) in [5.74, 6) is 0.383. The first-order chi connectivity index (χ1) is 14.6. The van der Waals surface area contributed by atoms with Crippen molar-refractivity contribution in [1.82, 2.24) is 0 Å². The Morgan fingerprint density at radius 2 is 1.27 bits per heavy atom. The molecule has 6 nitrogen and oxygen atoms in total. The SMILES string of the molecule is CCCCCCCCCCCOC(=O)CCCC(=O)Oc1c(OC)cccc1OC. The van der Waals surface area contributed by atoms with E-state index in [1.807, 2.05) is 0 Å². The third-order valence-electron chi connectivity index (χ3n) is 4.87. The van der Waals surface area contributed by atoms with E-state index < -0.39 is 5.97 Å². The minimum Gasteiger partial charge on any atom is -0.493 e. The fourth-order valence-electron chi connectivity index (χ4n) is 3.13. The molecule has 0 spiro atoms. The highest BCUT2D eigenvalue weighted by molar-refractivity contribution is 5.75. The highest BCUT2D eigenvalue weighted by atomic mass is 16.6. The normalized spacial score (nSPS) is 10.5. The quantitative estimate of drug-likeness (QED) is 0.178. The van der Waals surface area contributed by atoms with Crippen molar-refractivity contribution in [2.75, 3.05) is 20.8 Å². The predicted molar refractivity (Wildman–Crippen MR) is 117 cm³/mol. The number of esters is 2. The number of rotatable bonds is 17. The molecule has 0 saturated carbocycles. The number of unbranched alkanes of at least 4 members (excludes halogenated alkanes) is 8. The number of benzene rings is 1. The van der Waals surface area contributed by atoms with Gasteiger partial charge in [-0.3, -0.25) is 9.59 Å². The van der Waals surface area contributed by atoms with Gasteiger partial charge in [0.25, 0.3) is 0 Å². The summed E-state index contributed by atoms with van der Waals surface area (Å²) in [6.45, 7) is 2.68. The monoisotopic (exact) mass is 422 g/mol. The number of methoxy groups -OCH3 is 2. The van der Waals surface area contributed by atoms with Crippen LogP contribution in [-0.2, 0) is 14.3 Å². The van der Waals surface area contributed by atoms with Gasteiger partial charge in [-0.05, 0) is 25.0 Å². The van der Waals surface area contributed by atoms with Gasteiger partial charge in [0, 0.05) is 12.8 Å². The molecular formula is C24H38O6. The first-order valence-electron chi connectivity index (χ1n) is 11.2. The fourth-order valence-corrected chi connectivity index (χ4v) is 3.13. The summed E-state index contributed by atoms with van der Waals surface area (Å²) in [4.78, 5) is 23.9. The molecule has 0 heterocycles. The average Bonchev–Trinajstić information content (AvgIpc) is 2.75. The maximum atomic E-state index is 12.1. The molecule has 0 bridgehead atoms. The summed E-state index contributed by atoms with van der Waals surface area (Å²) in [6, 6.07) is 5.13. The van der Waals surface area contributed by atoms with Gasteiger partial charge in [0.1, 0.15) is 0 Å². The van der Waals surface area contributed by atoms with E-state index in [2.05, 4.69) is 6.92 Å². The van der Waals surface area contributed by atoms with Crippen LogP contribution in [0.1, 0.15) is 84.0 Å². The molecule has 0 aliphatic heterocycles. The Kier molecular flexibility index (Phi) is 14.2. The predicted octanol–water partition coefficient (Wildman–Crippen LogP) is 5.85. The summed E-state index contributed by atoms with van der Waals surface area (Å²) in [5, 5.41) is 0. The molecule has 1 aromatic rings. The zero-order valence-corrected chi connectivity index (χ0v) is 18.9. The highest BCUT2D eigenvalue weighted by Gasteiger charge is 2.16. The second kappa shape index (κ2) is 16.5. The number of hydrogen-bond donors (Lipinski definition) is 0. The molecule has 0 N–H and O–H groups in total. The van der Waals surface area contributed by atoms with Gasteiger partial charge in [-0.25, -0.2) is 0 Å². The van der Waals surface area contributed by atoms with Crippen molar-refractivity contribution >= 4 is 11.9 Å². The van der Waals surface area contributed by atoms with Crippen LogP contribution in [0.25, 0.3) is 0 Å². The zero-order valence-electron chi connectivity index (χ0n) is 18.9. The molecule has 6 heteroatoms. The minimum absolute atomic E-state index is 0.119. The third kappa shape index (κ3) is 11.1. The van der Waals surface area contributed by atoms with Crippen molar-refractivity contribution in [2.24, 2.45) is 0 Å². The molecule has 0 radical (unpaired) electrons. The molecule has 0 aliphatic carbocycles. The lowest BCUT2D eigenvalue weighted by atomic mass is 10.1. The average molecular weight is 423 g/mol. The minimum atomic E-state index is -0.440. The molecule has 170 valence electrons. The van der Waals surface area contributed by atoms with Gasteiger partial charge in [-0.15, -0.1) is 0 Å². The van der Waals surface area contributed by atoms with Crippen LogP contribution in [0.15, 0.2) is 18.2 Å². The number of carbonyl (C=O) groups is 2. The molecule has 0 saturated heterocycles. The van der Waals surface area contributed by atoms with Crippen molar-refractivity contribution in [3.63, 3.8) is 0 Å². The molecule has 30 heavy (non-hydrogen) atoms.